The van der Waals surface area contributed by atoms with Crippen molar-refractivity contribution in [1.82, 2.24) is 0 Å². The van der Waals surface area contributed by atoms with Crippen molar-refractivity contribution in [3.63, 3.8) is 0 Å². The number of rotatable bonds is 5. The molecule has 0 aromatic heterocycles. The third kappa shape index (κ3) is 6.63. The van der Waals surface area contributed by atoms with Gasteiger partial charge in [0.1, 0.15) is 6.10 Å². The third-order valence-electron chi connectivity index (χ3n) is 2.47. The van der Waals surface area contributed by atoms with Gasteiger partial charge in [-0.3, -0.25) is 0 Å². The molecule has 0 aliphatic heterocycles. The summed E-state index contributed by atoms with van der Waals surface area (Å²) >= 11 is 0. The summed E-state index contributed by atoms with van der Waals surface area (Å²) in [6.45, 7) is 8.86. The lowest BCUT2D eigenvalue weighted by Gasteiger charge is -2.22. The molecule has 0 aliphatic carbocycles. The first-order chi connectivity index (χ1) is 8.51. The van der Waals surface area contributed by atoms with Crippen LogP contribution in [0.25, 0.3) is 0 Å². The van der Waals surface area contributed by atoms with Crippen LogP contribution < -0.4 is 0 Å². The largest absolute Gasteiger partial charge is 0.404 e. The smallest absolute Gasteiger partial charge is 0.185 e. The van der Waals surface area contributed by atoms with E-state index in [-0.39, 0.29) is 6.10 Å². The zero-order valence-electron chi connectivity index (χ0n) is 12.0. The lowest BCUT2D eigenvalue weighted by atomic mass is 10.1. The standard InChI is InChI=1S/C16H24OSi/c1-5-6-12-16(17-18(2,3)4)14-13-15-10-8-7-9-11-15/h7-11,16H,5-6,12H2,1-4H3. The van der Waals surface area contributed by atoms with Crippen molar-refractivity contribution in [3.05, 3.63) is 35.9 Å². The summed E-state index contributed by atoms with van der Waals surface area (Å²) in [4.78, 5) is 0. The summed E-state index contributed by atoms with van der Waals surface area (Å²) in [5.41, 5.74) is 1.07. The van der Waals surface area contributed by atoms with Gasteiger partial charge in [0, 0.05) is 5.56 Å². The van der Waals surface area contributed by atoms with Crippen LogP contribution in [0.15, 0.2) is 30.3 Å². The molecule has 0 aliphatic rings. The number of unbranched alkanes of at least 4 members (excludes halogenated alkanes) is 1. The summed E-state index contributed by atoms with van der Waals surface area (Å²) in [5.74, 6) is 6.51. The molecule has 0 saturated heterocycles. The van der Waals surface area contributed by atoms with Gasteiger partial charge < -0.3 is 4.43 Å². The maximum absolute atomic E-state index is 6.13. The number of hydrogen-bond donors (Lipinski definition) is 0. The van der Waals surface area contributed by atoms with Gasteiger partial charge in [-0.15, -0.1) is 0 Å². The quantitative estimate of drug-likeness (QED) is 0.561. The highest BCUT2D eigenvalue weighted by molar-refractivity contribution is 6.69. The minimum atomic E-state index is -1.51. The second kappa shape index (κ2) is 7.40. The molecule has 0 N–H and O–H groups in total. The van der Waals surface area contributed by atoms with Crippen molar-refractivity contribution in [2.75, 3.05) is 0 Å². The zero-order chi connectivity index (χ0) is 13.4. The minimum Gasteiger partial charge on any atom is -0.404 e. The second-order valence-electron chi connectivity index (χ2n) is 5.50. The Hall–Kier alpha value is -1.04. The molecule has 1 unspecified atom stereocenters. The minimum absolute atomic E-state index is 0.0943. The summed E-state index contributed by atoms with van der Waals surface area (Å²) in [7, 11) is -1.51. The van der Waals surface area contributed by atoms with E-state index in [4.69, 9.17) is 4.43 Å². The van der Waals surface area contributed by atoms with E-state index in [1.54, 1.807) is 0 Å². The maximum Gasteiger partial charge on any atom is 0.185 e. The maximum atomic E-state index is 6.13. The summed E-state index contributed by atoms with van der Waals surface area (Å²) in [6, 6.07) is 10.1. The Morgan fingerprint density at radius 2 is 1.83 bits per heavy atom. The molecule has 0 spiro atoms. The predicted octanol–water partition coefficient (Wildman–Crippen LogP) is 4.45. The van der Waals surface area contributed by atoms with Crippen LogP contribution in [0.2, 0.25) is 19.6 Å². The Bertz CT molecular complexity index is 395. The molecule has 98 valence electrons. The van der Waals surface area contributed by atoms with Gasteiger partial charge in [-0.05, 0) is 38.2 Å². The van der Waals surface area contributed by atoms with Crippen molar-refractivity contribution < 1.29 is 4.43 Å². The van der Waals surface area contributed by atoms with Gasteiger partial charge in [0.05, 0.1) is 0 Å². The molecular weight excluding hydrogens is 236 g/mol. The van der Waals surface area contributed by atoms with Crippen molar-refractivity contribution in [2.45, 2.75) is 51.9 Å². The topological polar surface area (TPSA) is 9.23 Å². The van der Waals surface area contributed by atoms with Gasteiger partial charge >= 0.3 is 0 Å². The van der Waals surface area contributed by atoms with Gasteiger partial charge in [0.15, 0.2) is 8.32 Å². The molecule has 2 heteroatoms. The van der Waals surface area contributed by atoms with E-state index in [0.29, 0.717) is 0 Å². The molecule has 1 aromatic rings. The first kappa shape index (κ1) is 15.0. The highest BCUT2D eigenvalue weighted by Gasteiger charge is 2.19. The van der Waals surface area contributed by atoms with E-state index >= 15 is 0 Å². The molecule has 1 aromatic carbocycles. The lowest BCUT2D eigenvalue weighted by Crippen LogP contribution is -2.31. The molecule has 0 fully saturated rings. The lowest BCUT2D eigenvalue weighted by molar-refractivity contribution is 0.236. The van der Waals surface area contributed by atoms with Crippen LogP contribution in [0.4, 0.5) is 0 Å². The molecule has 18 heavy (non-hydrogen) atoms. The summed E-state index contributed by atoms with van der Waals surface area (Å²) < 4.78 is 6.13. The molecule has 0 bridgehead atoms. The fourth-order valence-corrected chi connectivity index (χ4v) is 2.69. The van der Waals surface area contributed by atoms with Crippen LogP contribution in [0, 0.1) is 11.8 Å². The Morgan fingerprint density at radius 1 is 1.17 bits per heavy atom. The Morgan fingerprint density at radius 3 is 2.39 bits per heavy atom. The van der Waals surface area contributed by atoms with Crippen LogP contribution in [0.5, 0.6) is 0 Å². The normalized spacial score (nSPS) is 12.7. The van der Waals surface area contributed by atoms with Crippen LogP contribution in [0.3, 0.4) is 0 Å². The zero-order valence-corrected chi connectivity index (χ0v) is 13.0. The number of hydrogen-bond acceptors (Lipinski definition) is 1. The summed E-state index contributed by atoms with van der Waals surface area (Å²) in [5, 5.41) is 0. The van der Waals surface area contributed by atoms with E-state index in [1.165, 1.54) is 12.8 Å². The fraction of sp³-hybridized carbons (Fsp3) is 0.500. The molecule has 0 heterocycles. The average molecular weight is 260 g/mol. The van der Waals surface area contributed by atoms with Crippen molar-refractivity contribution in [2.24, 2.45) is 0 Å². The first-order valence-electron chi connectivity index (χ1n) is 6.75. The van der Waals surface area contributed by atoms with Gasteiger partial charge in [0.25, 0.3) is 0 Å². The molecular formula is C16H24OSi. The molecule has 0 saturated carbocycles. The second-order valence-corrected chi connectivity index (χ2v) is 9.96. The highest BCUT2D eigenvalue weighted by atomic mass is 28.4. The van der Waals surface area contributed by atoms with E-state index < -0.39 is 8.32 Å². The Labute approximate surface area is 113 Å². The van der Waals surface area contributed by atoms with Crippen LogP contribution in [-0.4, -0.2) is 14.4 Å². The van der Waals surface area contributed by atoms with Gasteiger partial charge in [-0.2, -0.15) is 0 Å². The van der Waals surface area contributed by atoms with Gasteiger partial charge in [0.2, 0.25) is 0 Å². The molecule has 1 atom stereocenters. The van der Waals surface area contributed by atoms with Crippen molar-refractivity contribution in [3.8, 4) is 11.8 Å². The van der Waals surface area contributed by atoms with Crippen molar-refractivity contribution >= 4 is 8.32 Å². The highest BCUT2D eigenvalue weighted by Crippen LogP contribution is 2.12. The Kier molecular flexibility index (Phi) is 6.18. The van der Waals surface area contributed by atoms with E-state index in [1.807, 2.05) is 30.3 Å². The third-order valence-corrected chi connectivity index (χ3v) is 3.46. The van der Waals surface area contributed by atoms with Crippen LogP contribution in [0.1, 0.15) is 31.7 Å². The van der Waals surface area contributed by atoms with E-state index in [0.717, 1.165) is 12.0 Å². The Balaban J connectivity index is 2.69. The van der Waals surface area contributed by atoms with Gasteiger partial charge in [-0.25, -0.2) is 0 Å². The van der Waals surface area contributed by atoms with Gasteiger partial charge in [-0.1, -0.05) is 49.8 Å². The monoisotopic (exact) mass is 260 g/mol. The predicted molar refractivity (Wildman–Crippen MR) is 81.1 cm³/mol. The van der Waals surface area contributed by atoms with E-state index in [9.17, 15) is 0 Å². The first-order valence-corrected chi connectivity index (χ1v) is 10.2. The average Bonchev–Trinajstić information content (AvgIpc) is 2.32. The summed E-state index contributed by atoms with van der Waals surface area (Å²) in [6.07, 6.45) is 3.51. The molecule has 0 radical (unpaired) electrons. The van der Waals surface area contributed by atoms with Crippen molar-refractivity contribution in [1.29, 1.82) is 0 Å². The molecule has 1 nitrogen and oxygen atoms in total. The molecule has 0 amide bonds. The van der Waals surface area contributed by atoms with Crippen LogP contribution in [-0.2, 0) is 4.43 Å². The number of benzene rings is 1. The fourth-order valence-electron chi connectivity index (χ4n) is 1.66. The van der Waals surface area contributed by atoms with Crippen LogP contribution >= 0.6 is 0 Å². The SMILES string of the molecule is CCCCC(C#Cc1ccccc1)O[Si](C)(C)C. The molecule has 1 rings (SSSR count). The van der Waals surface area contributed by atoms with E-state index in [2.05, 4.69) is 38.4 Å².